The monoisotopic (exact) mass is 234 g/mol. The van der Waals surface area contributed by atoms with Crippen molar-refractivity contribution >= 4 is 5.91 Å². The number of H-pyrrole nitrogens is 1. The number of aryl methyl sites for hydroxylation is 2. The van der Waals surface area contributed by atoms with Crippen molar-refractivity contribution in [3.05, 3.63) is 17.0 Å². The summed E-state index contributed by atoms with van der Waals surface area (Å²) in [6.07, 6.45) is 0. The Hall–Kier alpha value is -1.36. The molecular weight excluding hydrogens is 216 g/mol. The fraction of sp³-hybridized carbons (Fsp3) is 0.667. The van der Waals surface area contributed by atoms with Crippen LogP contribution in [0.25, 0.3) is 0 Å². The molecule has 2 N–H and O–H groups in total. The van der Waals surface area contributed by atoms with E-state index in [-0.39, 0.29) is 5.91 Å². The third kappa shape index (κ3) is 1.65. The van der Waals surface area contributed by atoms with Crippen LogP contribution in [0.3, 0.4) is 0 Å². The fourth-order valence-corrected chi connectivity index (χ4v) is 3.05. The zero-order chi connectivity index (χ0) is 12.0. The van der Waals surface area contributed by atoms with Gasteiger partial charge in [0.1, 0.15) is 0 Å². The Morgan fingerprint density at radius 2 is 1.94 bits per heavy atom. The lowest BCUT2D eigenvalue weighted by atomic mass is 10.0. The summed E-state index contributed by atoms with van der Waals surface area (Å²) < 4.78 is 0. The van der Waals surface area contributed by atoms with Gasteiger partial charge in [0.2, 0.25) is 0 Å². The van der Waals surface area contributed by atoms with Crippen molar-refractivity contribution in [2.24, 2.45) is 11.8 Å². The van der Waals surface area contributed by atoms with Crippen LogP contribution in [0.4, 0.5) is 0 Å². The van der Waals surface area contributed by atoms with Gasteiger partial charge in [-0.15, -0.1) is 0 Å². The zero-order valence-corrected chi connectivity index (χ0v) is 10.3. The standard InChI is InChI=1S/C12H18N4O/c1-7-11(8(2)15-14-7)12(17)16-5-9-3-13-4-10(9)6-16/h9-10,13H,3-6H2,1-2H3,(H,14,15). The van der Waals surface area contributed by atoms with E-state index >= 15 is 0 Å². The molecule has 2 fully saturated rings. The van der Waals surface area contributed by atoms with E-state index in [1.54, 1.807) is 0 Å². The Balaban J connectivity index is 1.80. The summed E-state index contributed by atoms with van der Waals surface area (Å²) in [5.74, 6) is 1.43. The molecule has 2 aliphatic heterocycles. The summed E-state index contributed by atoms with van der Waals surface area (Å²) in [6, 6.07) is 0. The van der Waals surface area contributed by atoms with Gasteiger partial charge in [-0.2, -0.15) is 5.10 Å². The maximum atomic E-state index is 12.4. The van der Waals surface area contributed by atoms with E-state index in [9.17, 15) is 4.79 Å². The van der Waals surface area contributed by atoms with Crippen molar-refractivity contribution in [1.29, 1.82) is 0 Å². The van der Waals surface area contributed by atoms with E-state index in [1.165, 1.54) is 0 Å². The van der Waals surface area contributed by atoms with E-state index < -0.39 is 0 Å². The van der Waals surface area contributed by atoms with E-state index in [2.05, 4.69) is 15.5 Å². The predicted octanol–water partition coefficient (Wildman–Crippen LogP) is 0.318. The summed E-state index contributed by atoms with van der Waals surface area (Å²) in [5.41, 5.74) is 2.45. The molecule has 2 aliphatic rings. The molecule has 2 saturated heterocycles. The predicted molar refractivity (Wildman–Crippen MR) is 63.8 cm³/mol. The second-order valence-corrected chi connectivity index (χ2v) is 5.20. The van der Waals surface area contributed by atoms with Crippen LogP contribution in [0.15, 0.2) is 0 Å². The Bertz CT molecular complexity index is 422. The van der Waals surface area contributed by atoms with Crippen molar-refractivity contribution < 1.29 is 4.79 Å². The number of rotatable bonds is 1. The molecule has 1 amide bonds. The van der Waals surface area contributed by atoms with E-state index in [0.29, 0.717) is 11.8 Å². The second-order valence-electron chi connectivity index (χ2n) is 5.20. The lowest BCUT2D eigenvalue weighted by molar-refractivity contribution is 0.0780. The molecule has 0 spiro atoms. The fourth-order valence-electron chi connectivity index (χ4n) is 3.05. The number of fused-ring (bicyclic) bond motifs is 1. The maximum absolute atomic E-state index is 12.4. The first-order chi connectivity index (χ1) is 8.16. The summed E-state index contributed by atoms with van der Waals surface area (Å²) in [5, 5.41) is 10.4. The Labute approximate surface area is 101 Å². The molecule has 5 nitrogen and oxygen atoms in total. The number of carbonyl (C=O) groups is 1. The molecule has 0 aliphatic carbocycles. The summed E-state index contributed by atoms with van der Waals surface area (Å²) in [6.45, 7) is 7.68. The summed E-state index contributed by atoms with van der Waals surface area (Å²) >= 11 is 0. The second kappa shape index (κ2) is 3.84. The van der Waals surface area contributed by atoms with Gasteiger partial charge in [0.25, 0.3) is 5.91 Å². The van der Waals surface area contributed by atoms with Gasteiger partial charge in [-0.1, -0.05) is 0 Å². The molecule has 5 heteroatoms. The molecule has 0 bridgehead atoms. The highest BCUT2D eigenvalue weighted by Crippen LogP contribution is 2.28. The molecule has 0 radical (unpaired) electrons. The van der Waals surface area contributed by atoms with Gasteiger partial charge in [0, 0.05) is 31.9 Å². The molecule has 0 aromatic carbocycles. The Morgan fingerprint density at radius 1 is 1.29 bits per heavy atom. The average molecular weight is 234 g/mol. The lowest BCUT2D eigenvalue weighted by Gasteiger charge is -2.17. The Morgan fingerprint density at radius 3 is 2.47 bits per heavy atom. The largest absolute Gasteiger partial charge is 0.338 e. The molecule has 92 valence electrons. The normalized spacial score (nSPS) is 27.5. The van der Waals surface area contributed by atoms with Crippen LogP contribution in [0.5, 0.6) is 0 Å². The van der Waals surface area contributed by atoms with Crippen molar-refractivity contribution in [2.75, 3.05) is 26.2 Å². The molecule has 1 aromatic rings. The highest BCUT2D eigenvalue weighted by atomic mass is 16.2. The quantitative estimate of drug-likeness (QED) is 0.735. The number of nitrogens with zero attached hydrogens (tertiary/aromatic N) is 2. The van der Waals surface area contributed by atoms with Gasteiger partial charge in [-0.05, 0) is 25.7 Å². The van der Waals surface area contributed by atoms with Crippen molar-refractivity contribution in [1.82, 2.24) is 20.4 Å². The minimum Gasteiger partial charge on any atom is -0.338 e. The number of amides is 1. The summed E-state index contributed by atoms with van der Waals surface area (Å²) in [7, 11) is 0. The first-order valence-electron chi connectivity index (χ1n) is 6.18. The lowest BCUT2D eigenvalue weighted by Crippen LogP contribution is -2.32. The van der Waals surface area contributed by atoms with Crippen molar-refractivity contribution in [3.63, 3.8) is 0 Å². The van der Waals surface area contributed by atoms with Crippen LogP contribution < -0.4 is 5.32 Å². The van der Waals surface area contributed by atoms with Crippen LogP contribution in [-0.2, 0) is 0 Å². The van der Waals surface area contributed by atoms with Gasteiger partial charge < -0.3 is 10.2 Å². The van der Waals surface area contributed by atoms with E-state index in [4.69, 9.17) is 0 Å². The molecule has 3 heterocycles. The SMILES string of the molecule is Cc1n[nH]c(C)c1C(=O)N1CC2CNCC2C1. The molecule has 0 saturated carbocycles. The van der Waals surface area contributed by atoms with Gasteiger partial charge in [-0.3, -0.25) is 9.89 Å². The zero-order valence-electron chi connectivity index (χ0n) is 10.3. The van der Waals surface area contributed by atoms with Gasteiger partial charge in [0.05, 0.1) is 11.3 Å². The van der Waals surface area contributed by atoms with E-state index in [0.717, 1.165) is 43.1 Å². The molecule has 2 unspecified atom stereocenters. The average Bonchev–Trinajstić information content (AvgIpc) is 2.92. The molecule has 1 aromatic heterocycles. The van der Waals surface area contributed by atoms with Crippen LogP contribution in [0.2, 0.25) is 0 Å². The Kier molecular flexibility index (Phi) is 2.43. The third-order valence-corrected chi connectivity index (χ3v) is 4.02. The van der Waals surface area contributed by atoms with Crippen LogP contribution in [-0.4, -0.2) is 47.2 Å². The topological polar surface area (TPSA) is 61.0 Å². The maximum Gasteiger partial charge on any atom is 0.257 e. The smallest absolute Gasteiger partial charge is 0.257 e. The number of nitrogens with one attached hydrogen (secondary N) is 2. The van der Waals surface area contributed by atoms with Crippen molar-refractivity contribution in [3.8, 4) is 0 Å². The third-order valence-electron chi connectivity index (χ3n) is 4.02. The molecule has 17 heavy (non-hydrogen) atoms. The summed E-state index contributed by atoms with van der Waals surface area (Å²) in [4.78, 5) is 14.4. The van der Waals surface area contributed by atoms with Crippen molar-refractivity contribution in [2.45, 2.75) is 13.8 Å². The number of hydrogen-bond donors (Lipinski definition) is 2. The number of aromatic nitrogens is 2. The molecule has 2 atom stereocenters. The first-order valence-corrected chi connectivity index (χ1v) is 6.18. The minimum absolute atomic E-state index is 0.142. The highest BCUT2D eigenvalue weighted by Gasteiger charge is 2.39. The number of aromatic amines is 1. The number of hydrogen-bond acceptors (Lipinski definition) is 3. The number of carbonyl (C=O) groups excluding carboxylic acids is 1. The highest BCUT2D eigenvalue weighted by molar-refractivity contribution is 5.96. The molecule has 3 rings (SSSR count). The van der Waals surface area contributed by atoms with Gasteiger partial charge in [-0.25, -0.2) is 0 Å². The van der Waals surface area contributed by atoms with Crippen LogP contribution in [0.1, 0.15) is 21.7 Å². The van der Waals surface area contributed by atoms with Gasteiger partial charge in [0.15, 0.2) is 0 Å². The van der Waals surface area contributed by atoms with Gasteiger partial charge >= 0.3 is 0 Å². The number of likely N-dealkylation sites (tertiary alicyclic amines) is 1. The van der Waals surface area contributed by atoms with Crippen LogP contribution >= 0.6 is 0 Å². The van der Waals surface area contributed by atoms with Crippen LogP contribution in [0, 0.1) is 25.7 Å². The minimum atomic E-state index is 0.142. The van der Waals surface area contributed by atoms with E-state index in [1.807, 2.05) is 18.7 Å². The first kappa shape index (κ1) is 10.8. The molecular formula is C12H18N4O.